The van der Waals surface area contributed by atoms with E-state index < -0.39 is 5.82 Å². The molecule has 2 aromatic heterocycles. The standard InChI is InChI=1S/C31H37ClFN5O/c1-19(2)25-22(6-3-7-24(25)32)27-26(33)28-23(15-34-27)29(37-16-20-8-9-21(14-20)17-37)36-30(35-28)39-18-31-10-4-12-38(31)13-5-11-31/h3,6-7,15,19-21H,4-5,8-14,16-18H2,1-2H3. The quantitative estimate of drug-likeness (QED) is 0.335. The Labute approximate surface area is 234 Å². The largest absolute Gasteiger partial charge is 0.461 e. The summed E-state index contributed by atoms with van der Waals surface area (Å²) in [4.78, 5) is 19.2. The lowest BCUT2D eigenvalue weighted by Gasteiger charge is -2.34. The summed E-state index contributed by atoms with van der Waals surface area (Å²) in [5, 5.41) is 1.27. The van der Waals surface area contributed by atoms with Crippen LogP contribution in [0.25, 0.3) is 22.2 Å². The zero-order valence-electron chi connectivity index (χ0n) is 22.9. The molecule has 2 bridgehead atoms. The minimum atomic E-state index is -0.438. The number of hydrogen-bond donors (Lipinski definition) is 0. The van der Waals surface area contributed by atoms with E-state index in [1.165, 1.54) is 32.1 Å². The van der Waals surface area contributed by atoms with Gasteiger partial charge in [0.05, 0.1) is 10.9 Å². The Bertz CT molecular complexity index is 1390. The third kappa shape index (κ3) is 4.37. The molecular formula is C31H37ClFN5O. The molecule has 8 heteroatoms. The molecule has 3 aliphatic heterocycles. The van der Waals surface area contributed by atoms with Gasteiger partial charge in [0.2, 0.25) is 0 Å². The van der Waals surface area contributed by atoms with Crippen LogP contribution >= 0.6 is 11.6 Å². The van der Waals surface area contributed by atoms with Crippen molar-refractivity contribution in [3.63, 3.8) is 0 Å². The van der Waals surface area contributed by atoms with Gasteiger partial charge in [-0.05, 0) is 87.4 Å². The molecule has 0 N–H and O–H groups in total. The summed E-state index contributed by atoms with van der Waals surface area (Å²) in [6.45, 7) is 8.82. The number of hydrogen-bond acceptors (Lipinski definition) is 6. The fourth-order valence-electron chi connectivity index (χ4n) is 7.89. The van der Waals surface area contributed by atoms with Crippen LogP contribution < -0.4 is 9.64 Å². The Morgan fingerprint density at radius 1 is 1.10 bits per heavy atom. The van der Waals surface area contributed by atoms with Crippen molar-refractivity contribution in [2.45, 2.75) is 70.3 Å². The highest BCUT2D eigenvalue weighted by atomic mass is 35.5. The highest BCUT2D eigenvalue weighted by molar-refractivity contribution is 6.31. The van der Waals surface area contributed by atoms with Crippen LogP contribution in [0.15, 0.2) is 24.4 Å². The molecule has 1 aromatic carbocycles. The predicted octanol–water partition coefficient (Wildman–Crippen LogP) is 6.85. The molecule has 0 amide bonds. The molecule has 6 nitrogen and oxygen atoms in total. The van der Waals surface area contributed by atoms with Gasteiger partial charge < -0.3 is 9.64 Å². The van der Waals surface area contributed by atoms with Crippen LogP contribution in [0, 0.1) is 17.7 Å². The summed E-state index contributed by atoms with van der Waals surface area (Å²) in [7, 11) is 0. The second-order valence-corrected chi connectivity index (χ2v) is 12.9. The summed E-state index contributed by atoms with van der Waals surface area (Å²) >= 11 is 6.57. The molecule has 3 aromatic rings. The second-order valence-electron chi connectivity index (χ2n) is 12.5. The molecule has 0 radical (unpaired) electrons. The number of halogens is 2. The number of benzene rings is 1. The van der Waals surface area contributed by atoms with Gasteiger partial charge in [-0.25, -0.2) is 4.39 Å². The molecule has 5 heterocycles. The van der Waals surface area contributed by atoms with E-state index in [-0.39, 0.29) is 28.7 Å². The van der Waals surface area contributed by atoms with E-state index in [4.69, 9.17) is 26.3 Å². The monoisotopic (exact) mass is 549 g/mol. The average Bonchev–Trinajstić information content (AvgIpc) is 3.60. The first-order valence-corrected chi connectivity index (χ1v) is 15.1. The average molecular weight is 550 g/mol. The van der Waals surface area contributed by atoms with Crippen molar-refractivity contribution in [2.75, 3.05) is 37.7 Å². The predicted molar refractivity (Wildman–Crippen MR) is 153 cm³/mol. The number of fused-ring (bicyclic) bond motifs is 4. The number of nitrogens with zero attached hydrogens (tertiary/aromatic N) is 5. The normalized spacial score (nSPS) is 24.2. The van der Waals surface area contributed by atoms with Gasteiger partial charge in [-0.1, -0.05) is 37.6 Å². The molecule has 7 rings (SSSR count). The van der Waals surface area contributed by atoms with Gasteiger partial charge in [-0.3, -0.25) is 9.88 Å². The van der Waals surface area contributed by atoms with Crippen molar-refractivity contribution in [1.82, 2.24) is 19.9 Å². The SMILES string of the molecule is CC(C)c1c(Cl)cccc1-c1ncc2c(N3CC4CCC(C4)C3)nc(OCC34CCCN3CCC4)nc2c1F. The summed E-state index contributed by atoms with van der Waals surface area (Å²) in [5.74, 6) is 1.77. The number of ether oxygens (including phenoxy) is 1. The fourth-order valence-corrected chi connectivity index (χ4v) is 8.28. The summed E-state index contributed by atoms with van der Waals surface area (Å²) in [6, 6.07) is 5.88. The lowest BCUT2D eigenvalue weighted by molar-refractivity contribution is 0.108. The first-order chi connectivity index (χ1) is 18.9. The van der Waals surface area contributed by atoms with E-state index in [0.29, 0.717) is 34.4 Å². The molecule has 4 aliphatic rings. The van der Waals surface area contributed by atoms with E-state index in [2.05, 4.69) is 28.6 Å². The number of anilines is 1. The van der Waals surface area contributed by atoms with Crippen LogP contribution in [0.5, 0.6) is 6.01 Å². The van der Waals surface area contributed by atoms with Gasteiger partial charge in [0.1, 0.15) is 23.6 Å². The van der Waals surface area contributed by atoms with E-state index in [0.717, 1.165) is 50.4 Å². The molecular weight excluding hydrogens is 513 g/mol. The minimum Gasteiger partial charge on any atom is -0.461 e. The lowest BCUT2D eigenvalue weighted by Crippen LogP contribution is -2.43. The summed E-state index contributed by atoms with van der Waals surface area (Å²) in [5.41, 5.74) is 2.23. The number of pyridine rings is 1. The third-order valence-corrected chi connectivity index (χ3v) is 10.0. The van der Waals surface area contributed by atoms with Gasteiger partial charge in [0, 0.05) is 29.9 Å². The van der Waals surface area contributed by atoms with E-state index >= 15 is 4.39 Å². The zero-order chi connectivity index (χ0) is 26.7. The number of piperidine rings is 1. The minimum absolute atomic E-state index is 0.0671. The Balaban J connectivity index is 1.33. The molecule has 2 atom stereocenters. The third-order valence-electron chi connectivity index (χ3n) is 9.72. The Kier molecular flexibility index (Phi) is 6.43. The van der Waals surface area contributed by atoms with Gasteiger partial charge in [0.25, 0.3) is 0 Å². The zero-order valence-corrected chi connectivity index (χ0v) is 23.7. The Morgan fingerprint density at radius 2 is 1.85 bits per heavy atom. The fraction of sp³-hybridized carbons (Fsp3) is 0.581. The molecule has 39 heavy (non-hydrogen) atoms. The highest BCUT2D eigenvalue weighted by Crippen LogP contribution is 2.42. The van der Waals surface area contributed by atoms with Gasteiger partial charge in [-0.15, -0.1) is 0 Å². The molecule has 1 saturated carbocycles. The van der Waals surface area contributed by atoms with Gasteiger partial charge >= 0.3 is 6.01 Å². The maximum Gasteiger partial charge on any atom is 0.319 e. The molecule has 1 aliphatic carbocycles. The summed E-state index contributed by atoms with van der Waals surface area (Å²) < 4.78 is 22.9. The Morgan fingerprint density at radius 3 is 2.56 bits per heavy atom. The van der Waals surface area contributed by atoms with Crippen LogP contribution in [0.2, 0.25) is 5.02 Å². The van der Waals surface area contributed by atoms with Crippen molar-refractivity contribution >= 4 is 28.3 Å². The maximum atomic E-state index is 16.5. The number of rotatable bonds is 6. The highest BCUT2D eigenvalue weighted by Gasteiger charge is 2.45. The van der Waals surface area contributed by atoms with Crippen molar-refractivity contribution in [3.8, 4) is 17.3 Å². The lowest BCUT2D eigenvalue weighted by atomic mass is 9.94. The summed E-state index contributed by atoms with van der Waals surface area (Å²) in [6.07, 6.45) is 10.2. The smallest absolute Gasteiger partial charge is 0.319 e. The first kappa shape index (κ1) is 25.5. The van der Waals surface area contributed by atoms with Crippen molar-refractivity contribution in [1.29, 1.82) is 0 Å². The second kappa shape index (κ2) is 9.84. The first-order valence-electron chi connectivity index (χ1n) is 14.7. The van der Waals surface area contributed by atoms with Crippen molar-refractivity contribution in [3.05, 3.63) is 40.8 Å². The topological polar surface area (TPSA) is 54.4 Å². The van der Waals surface area contributed by atoms with Crippen LogP contribution in [0.3, 0.4) is 0 Å². The van der Waals surface area contributed by atoms with Crippen molar-refractivity contribution in [2.24, 2.45) is 11.8 Å². The molecule has 3 saturated heterocycles. The Hall–Kier alpha value is -2.51. The number of aromatic nitrogens is 3. The van der Waals surface area contributed by atoms with Gasteiger partial charge in [-0.2, -0.15) is 9.97 Å². The van der Waals surface area contributed by atoms with E-state index in [1.807, 2.05) is 18.2 Å². The van der Waals surface area contributed by atoms with E-state index in [1.54, 1.807) is 6.20 Å². The molecule has 0 spiro atoms. The van der Waals surface area contributed by atoms with Crippen LogP contribution in [-0.4, -0.2) is 58.2 Å². The van der Waals surface area contributed by atoms with Crippen LogP contribution in [0.4, 0.5) is 10.2 Å². The van der Waals surface area contributed by atoms with Crippen molar-refractivity contribution < 1.29 is 9.13 Å². The van der Waals surface area contributed by atoms with Gasteiger partial charge in [0.15, 0.2) is 5.82 Å². The molecule has 2 unspecified atom stereocenters. The maximum absolute atomic E-state index is 16.5. The molecule has 206 valence electrons. The molecule has 4 fully saturated rings. The van der Waals surface area contributed by atoms with Crippen LogP contribution in [-0.2, 0) is 0 Å². The van der Waals surface area contributed by atoms with Crippen LogP contribution in [0.1, 0.15) is 70.3 Å². The van der Waals surface area contributed by atoms with E-state index in [9.17, 15) is 0 Å².